The minimum Gasteiger partial charge on any atom is -0.294 e. The first-order valence-electron chi connectivity index (χ1n) is 5.94. The fraction of sp³-hybridized carbons (Fsp3) is 0.500. The van der Waals surface area contributed by atoms with Gasteiger partial charge in [-0.25, -0.2) is 0 Å². The molecule has 2 rings (SSSR count). The van der Waals surface area contributed by atoms with Gasteiger partial charge >= 0.3 is 0 Å². The van der Waals surface area contributed by atoms with Crippen molar-refractivity contribution in [3.8, 4) is 0 Å². The monoisotopic (exact) mass is 202 g/mol. The highest BCUT2D eigenvalue weighted by Crippen LogP contribution is 2.29. The van der Waals surface area contributed by atoms with Crippen LogP contribution in [0.15, 0.2) is 24.3 Å². The van der Waals surface area contributed by atoms with Crippen LogP contribution in [-0.2, 0) is 6.42 Å². The largest absolute Gasteiger partial charge is 0.294 e. The van der Waals surface area contributed by atoms with Crippen LogP contribution in [0.2, 0.25) is 0 Å². The van der Waals surface area contributed by atoms with E-state index in [0.29, 0.717) is 11.7 Å². The van der Waals surface area contributed by atoms with E-state index >= 15 is 0 Å². The highest BCUT2D eigenvalue weighted by molar-refractivity contribution is 5.98. The van der Waals surface area contributed by atoms with Crippen molar-refractivity contribution in [2.45, 2.75) is 39.0 Å². The Morgan fingerprint density at radius 2 is 2.20 bits per heavy atom. The van der Waals surface area contributed by atoms with Gasteiger partial charge in [-0.05, 0) is 30.9 Å². The fourth-order valence-corrected chi connectivity index (χ4v) is 2.07. The van der Waals surface area contributed by atoms with Crippen molar-refractivity contribution < 1.29 is 4.79 Å². The van der Waals surface area contributed by atoms with E-state index in [0.717, 1.165) is 31.2 Å². The van der Waals surface area contributed by atoms with Crippen LogP contribution in [0.4, 0.5) is 0 Å². The number of rotatable bonds is 4. The third kappa shape index (κ3) is 2.28. The van der Waals surface area contributed by atoms with Gasteiger partial charge in [0.25, 0.3) is 0 Å². The van der Waals surface area contributed by atoms with Gasteiger partial charge in [0.2, 0.25) is 0 Å². The molecule has 0 saturated heterocycles. The highest BCUT2D eigenvalue weighted by atomic mass is 16.1. The third-order valence-electron chi connectivity index (χ3n) is 3.23. The molecule has 80 valence electrons. The quantitative estimate of drug-likeness (QED) is 0.681. The molecule has 0 bridgehead atoms. The maximum absolute atomic E-state index is 12.0. The zero-order valence-electron chi connectivity index (χ0n) is 9.33. The molecular formula is C14H18O. The Morgan fingerprint density at radius 1 is 1.40 bits per heavy atom. The van der Waals surface area contributed by atoms with Crippen LogP contribution in [0.1, 0.15) is 48.5 Å². The van der Waals surface area contributed by atoms with Gasteiger partial charge in [-0.2, -0.15) is 0 Å². The maximum atomic E-state index is 12.0. The van der Waals surface area contributed by atoms with Crippen LogP contribution in [0.25, 0.3) is 0 Å². The Morgan fingerprint density at radius 3 is 2.80 bits per heavy atom. The van der Waals surface area contributed by atoms with Crippen LogP contribution in [0, 0.1) is 5.92 Å². The van der Waals surface area contributed by atoms with Crippen LogP contribution in [-0.4, -0.2) is 5.78 Å². The maximum Gasteiger partial charge on any atom is 0.165 e. The molecule has 1 aliphatic rings. The number of aryl methyl sites for hydroxylation is 1. The summed E-state index contributed by atoms with van der Waals surface area (Å²) in [5, 5.41) is 0. The zero-order chi connectivity index (χ0) is 10.7. The molecule has 1 aliphatic carbocycles. The normalized spacial score (nSPS) is 16.1. The molecule has 0 radical (unpaired) electrons. The van der Waals surface area contributed by atoms with E-state index in [1.54, 1.807) is 0 Å². The average Bonchev–Trinajstić information content (AvgIpc) is 2.16. The summed E-state index contributed by atoms with van der Waals surface area (Å²) >= 11 is 0. The van der Waals surface area contributed by atoms with Gasteiger partial charge < -0.3 is 0 Å². The standard InChI is InChI=1S/C14H18O/c1-2-5-11-6-3-9-13(10-11)14(15)12-7-4-8-12/h3,6,9-10,12H,2,4-5,7-8H2,1H3. The molecule has 0 aliphatic heterocycles. The SMILES string of the molecule is CCCc1cccc(C(=O)C2CCC2)c1. The van der Waals surface area contributed by atoms with Crippen molar-refractivity contribution in [2.24, 2.45) is 5.92 Å². The molecule has 0 unspecified atom stereocenters. The number of carbonyl (C=O) groups excluding carboxylic acids is 1. The zero-order valence-corrected chi connectivity index (χ0v) is 9.33. The van der Waals surface area contributed by atoms with Gasteiger partial charge in [-0.3, -0.25) is 4.79 Å². The summed E-state index contributed by atoms with van der Waals surface area (Å²) in [6.45, 7) is 2.17. The minimum absolute atomic E-state index is 0.321. The summed E-state index contributed by atoms with van der Waals surface area (Å²) in [7, 11) is 0. The summed E-state index contributed by atoms with van der Waals surface area (Å²) in [6.07, 6.45) is 5.63. The minimum atomic E-state index is 0.321. The summed E-state index contributed by atoms with van der Waals surface area (Å²) in [5.74, 6) is 0.682. The van der Waals surface area contributed by atoms with Crippen LogP contribution in [0.5, 0.6) is 0 Å². The second-order valence-electron chi connectivity index (χ2n) is 4.44. The van der Waals surface area contributed by atoms with Crippen molar-refractivity contribution in [2.75, 3.05) is 0 Å². The van der Waals surface area contributed by atoms with E-state index in [9.17, 15) is 4.79 Å². The Bertz CT molecular complexity index is 350. The number of ketones is 1. The van der Waals surface area contributed by atoms with Crippen molar-refractivity contribution in [3.63, 3.8) is 0 Å². The summed E-state index contributed by atoms with van der Waals surface area (Å²) in [5.41, 5.74) is 2.22. The molecule has 0 N–H and O–H groups in total. The molecule has 1 aromatic rings. The molecule has 0 spiro atoms. The third-order valence-corrected chi connectivity index (χ3v) is 3.23. The number of hydrogen-bond acceptors (Lipinski definition) is 1. The smallest absolute Gasteiger partial charge is 0.165 e. The van der Waals surface area contributed by atoms with Gasteiger partial charge in [0.05, 0.1) is 0 Å². The molecule has 0 aromatic heterocycles. The van der Waals surface area contributed by atoms with E-state index in [1.165, 1.54) is 12.0 Å². The van der Waals surface area contributed by atoms with Crippen molar-refractivity contribution >= 4 is 5.78 Å². The van der Waals surface area contributed by atoms with E-state index < -0.39 is 0 Å². The Kier molecular flexibility index (Phi) is 3.20. The van der Waals surface area contributed by atoms with Gasteiger partial charge in [0.15, 0.2) is 5.78 Å². The predicted octanol–water partition coefficient (Wildman–Crippen LogP) is 3.62. The fourth-order valence-electron chi connectivity index (χ4n) is 2.07. The summed E-state index contributed by atoms with van der Waals surface area (Å²) in [6, 6.07) is 8.15. The highest BCUT2D eigenvalue weighted by Gasteiger charge is 2.25. The van der Waals surface area contributed by atoms with Crippen molar-refractivity contribution in [1.82, 2.24) is 0 Å². The molecule has 15 heavy (non-hydrogen) atoms. The predicted molar refractivity (Wildman–Crippen MR) is 62.1 cm³/mol. The van der Waals surface area contributed by atoms with E-state index in [1.807, 2.05) is 12.1 Å². The average molecular weight is 202 g/mol. The Balaban J connectivity index is 2.12. The topological polar surface area (TPSA) is 17.1 Å². The first-order chi connectivity index (χ1) is 7.31. The van der Waals surface area contributed by atoms with Gasteiger partial charge in [-0.1, -0.05) is 38.0 Å². The lowest BCUT2D eigenvalue weighted by Gasteiger charge is -2.23. The lowest BCUT2D eigenvalue weighted by atomic mass is 9.80. The number of hydrogen-bond donors (Lipinski definition) is 0. The number of carbonyl (C=O) groups is 1. The second kappa shape index (κ2) is 4.61. The molecule has 1 heteroatoms. The molecule has 1 nitrogen and oxygen atoms in total. The molecule has 0 heterocycles. The van der Waals surface area contributed by atoms with Crippen LogP contribution < -0.4 is 0 Å². The van der Waals surface area contributed by atoms with Crippen LogP contribution >= 0.6 is 0 Å². The van der Waals surface area contributed by atoms with Crippen molar-refractivity contribution in [3.05, 3.63) is 35.4 Å². The molecular weight excluding hydrogens is 184 g/mol. The number of benzene rings is 1. The van der Waals surface area contributed by atoms with Gasteiger partial charge in [-0.15, -0.1) is 0 Å². The lowest BCUT2D eigenvalue weighted by Crippen LogP contribution is -2.21. The Hall–Kier alpha value is -1.11. The lowest BCUT2D eigenvalue weighted by molar-refractivity contribution is 0.0855. The molecule has 0 atom stereocenters. The van der Waals surface area contributed by atoms with E-state index in [4.69, 9.17) is 0 Å². The number of Topliss-reactive ketones (excluding diaryl/α,β-unsaturated/α-hetero) is 1. The van der Waals surface area contributed by atoms with Crippen LogP contribution in [0.3, 0.4) is 0 Å². The molecule has 0 amide bonds. The first kappa shape index (κ1) is 10.4. The molecule has 1 saturated carbocycles. The summed E-state index contributed by atoms with van der Waals surface area (Å²) in [4.78, 5) is 12.0. The molecule has 1 aromatic carbocycles. The first-order valence-corrected chi connectivity index (χ1v) is 5.94. The van der Waals surface area contributed by atoms with Gasteiger partial charge in [0.1, 0.15) is 0 Å². The van der Waals surface area contributed by atoms with E-state index in [-0.39, 0.29) is 0 Å². The van der Waals surface area contributed by atoms with E-state index in [2.05, 4.69) is 19.1 Å². The Labute approximate surface area is 91.5 Å². The van der Waals surface area contributed by atoms with Crippen molar-refractivity contribution in [1.29, 1.82) is 0 Å². The second-order valence-corrected chi connectivity index (χ2v) is 4.44. The molecule has 1 fully saturated rings. The summed E-state index contributed by atoms with van der Waals surface area (Å²) < 4.78 is 0. The van der Waals surface area contributed by atoms with Gasteiger partial charge in [0, 0.05) is 11.5 Å².